The van der Waals surface area contributed by atoms with Gasteiger partial charge in [0.15, 0.2) is 0 Å². The van der Waals surface area contributed by atoms with Gasteiger partial charge in [-0.05, 0) is 55.3 Å². The van der Waals surface area contributed by atoms with Crippen molar-refractivity contribution in [3.05, 3.63) is 59.4 Å². The number of nitrogens with one attached hydrogen (secondary N) is 1. The first-order valence-electron chi connectivity index (χ1n) is 9.28. The summed E-state index contributed by atoms with van der Waals surface area (Å²) in [5.41, 5.74) is 6.57. The Morgan fingerprint density at radius 3 is 2.71 bits per heavy atom. The van der Waals surface area contributed by atoms with Crippen LogP contribution in [0.1, 0.15) is 22.3 Å². The van der Waals surface area contributed by atoms with Gasteiger partial charge in [-0.25, -0.2) is 4.39 Å². The Balaban J connectivity index is 1.70. The van der Waals surface area contributed by atoms with E-state index < -0.39 is 11.7 Å². The summed E-state index contributed by atoms with van der Waals surface area (Å²) in [5, 5.41) is 2.79. The monoisotopic (exact) mass is 388 g/mol. The van der Waals surface area contributed by atoms with Crippen LogP contribution in [0.25, 0.3) is 0 Å². The van der Waals surface area contributed by atoms with Gasteiger partial charge in [0, 0.05) is 13.7 Å². The third-order valence-corrected chi connectivity index (χ3v) is 4.69. The van der Waals surface area contributed by atoms with E-state index in [1.807, 2.05) is 24.3 Å². The van der Waals surface area contributed by atoms with Crippen LogP contribution in [0.3, 0.4) is 0 Å². The molecule has 0 unspecified atom stereocenters. The van der Waals surface area contributed by atoms with Gasteiger partial charge in [-0.2, -0.15) is 0 Å². The van der Waals surface area contributed by atoms with E-state index in [0.717, 1.165) is 12.0 Å². The summed E-state index contributed by atoms with van der Waals surface area (Å²) in [4.78, 5) is 12.6. The number of rotatable bonds is 7. The number of carbonyl (C=O) groups excluding carboxylic acids is 1. The van der Waals surface area contributed by atoms with E-state index in [-0.39, 0.29) is 17.7 Å². The fraction of sp³-hybridized carbons (Fsp3) is 0.381. The van der Waals surface area contributed by atoms with Crippen molar-refractivity contribution in [3.8, 4) is 11.5 Å². The number of ether oxygens (including phenoxy) is 3. The Bertz CT molecular complexity index is 797. The lowest BCUT2D eigenvalue weighted by Crippen LogP contribution is -2.50. The number of halogens is 1. The second kappa shape index (κ2) is 9.64. The molecular weight excluding hydrogens is 363 g/mol. The minimum atomic E-state index is -0.617. The van der Waals surface area contributed by atoms with Crippen LogP contribution in [0.2, 0.25) is 0 Å². The summed E-state index contributed by atoms with van der Waals surface area (Å²) < 4.78 is 30.8. The fourth-order valence-corrected chi connectivity index (χ4v) is 3.15. The Morgan fingerprint density at radius 2 is 2.00 bits per heavy atom. The van der Waals surface area contributed by atoms with Crippen LogP contribution in [-0.2, 0) is 15.9 Å². The average molecular weight is 388 g/mol. The lowest BCUT2D eigenvalue weighted by molar-refractivity contribution is -0.0349. The standard InChI is InChI=1S/C21H25FN2O4/c1-26-20-9-11-27-13-19(20)24-21(25)17-12-16(6-7-18(17)22)28-15-4-2-14(3-5-15)8-10-23/h2-7,12,19-20H,8-11,13,23H2,1H3,(H,24,25)/t19-,20-/m1/s1. The predicted molar refractivity (Wildman–Crippen MR) is 103 cm³/mol. The molecule has 1 amide bonds. The maximum absolute atomic E-state index is 14.2. The van der Waals surface area contributed by atoms with Gasteiger partial charge in [0.25, 0.3) is 5.91 Å². The molecule has 0 bridgehead atoms. The molecule has 0 spiro atoms. The Hall–Kier alpha value is -2.48. The molecule has 3 rings (SSSR count). The summed E-state index contributed by atoms with van der Waals surface area (Å²) >= 11 is 0. The van der Waals surface area contributed by atoms with E-state index in [1.54, 1.807) is 7.11 Å². The largest absolute Gasteiger partial charge is 0.457 e. The fourth-order valence-electron chi connectivity index (χ4n) is 3.15. The van der Waals surface area contributed by atoms with Gasteiger partial charge in [0.2, 0.25) is 0 Å². The molecule has 1 aliphatic rings. The first-order valence-corrected chi connectivity index (χ1v) is 9.28. The number of benzene rings is 2. The van der Waals surface area contributed by atoms with Crippen molar-refractivity contribution < 1.29 is 23.4 Å². The first-order chi connectivity index (χ1) is 13.6. The molecule has 28 heavy (non-hydrogen) atoms. The first kappa shape index (κ1) is 20.3. The van der Waals surface area contributed by atoms with Crippen molar-refractivity contribution in [1.29, 1.82) is 0 Å². The second-order valence-corrected chi connectivity index (χ2v) is 6.64. The number of carbonyl (C=O) groups is 1. The molecule has 2 aromatic carbocycles. The number of hydrogen-bond donors (Lipinski definition) is 2. The highest BCUT2D eigenvalue weighted by atomic mass is 19.1. The highest BCUT2D eigenvalue weighted by Crippen LogP contribution is 2.24. The third kappa shape index (κ3) is 5.07. The van der Waals surface area contributed by atoms with E-state index in [0.29, 0.717) is 37.7 Å². The molecule has 0 saturated carbocycles. The van der Waals surface area contributed by atoms with Gasteiger partial charge in [0.05, 0.1) is 24.3 Å². The molecule has 0 aromatic heterocycles. The summed E-state index contributed by atoms with van der Waals surface area (Å²) in [6.07, 6.45) is 1.30. The van der Waals surface area contributed by atoms with Gasteiger partial charge in [-0.3, -0.25) is 4.79 Å². The number of hydrogen-bond acceptors (Lipinski definition) is 5. The molecule has 1 saturated heterocycles. The molecule has 150 valence electrons. The van der Waals surface area contributed by atoms with Crippen LogP contribution in [-0.4, -0.2) is 44.9 Å². The van der Waals surface area contributed by atoms with Crippen molar-refractivity contribution in [3.63, 3.8) is 0 Å². The molecule has 6 nitrogen and oxygen atoms in total. The Kier molecular flexibility index (Phi) is 6.97. The van der Waals surface area contributed by atoms with Crippen molar-refractivity contribution in [2.45, 2.75) is 25.0 Å². The maximum Gasteiger partial charge on any atom is 0.254 e. The molecule has 1 fully saturated rings. The van der Waals surface area contributed by atoms with Crippen molar-refractivity contribution in [2.24, 2.45) is 5.73 Å². The van der Waals surface area contributed by atoms with Gasteiger partial charge < -0.3 is 25.3 Å². The Morgan fingerprint density at radius 1 is 1.25 bits per heavy atom. The van der Waals surface area contributed by atoms with E-state index in [4.69, 9.17) is 19.9 Å². The number of methoxy groups -OCH3 is 1. The van der Waals surface area contributed by atoms with Crippen LogP contribution >= 0.6 is 0 Å². The SMILES string of the molecule is CO[C@@H]1CCOC[C@H]1NC(=O)c1cc(Oc2ccc(CCN)cc2)ccc1F. The van der Waals surface area contributed by atoms with E-state index in [1.165, 1.54) is 18.2 Å². The summed E-state index contributed by atoms with van der Waals surface area (Å²) in [6.45, 7) is 1.48. The highest BCUT2D eigenvalue weighted by Gasteiger charge is 2.28. The van der Waals surface area contributed by atoms with Gasteiger partial charge in [-0.1, -0.05) is 12.1 Å². The van der Waals surface area contributed by atoms with Crippen LogP contribution in [0.5, 0.6) is 11.5 Å². The predicted octanol–water partition coefficient (Wildman–Crippen LogP) is 2.65. The van der Waals surface area contributed by atoms with E-state index in [2.05, 4.69) is 5.32 Å². The lowest BCUT2D eigenvalue weighted by atomic mass is 10.1. The van der Waals surface area contributed by atoms with Crippen LogP contribution in [0.4, 0.5) is 4.39 Å². The summed E-state index contributed by atoms with van der Waals surface area (Å²) in [5.74, 6) is -0.173. The minimum Gasteiger partial charge on any atom is -0.457 e. The van der Waals surface area contributed by atoms with Gasteiger partial charge in [-0.15, -0.1) is 0 Å². The zero-order valence-electron chi connectivity index (χ0n) is 15.8. The molecule has 1 aliphatic heterocycles. The molecular formula is C21H25FN2O4. The lowest BCUT2D eigenvalue weighted by Gasteiger charge is -2.31. The zero-order valence-corrected chi connectivity index (χ0v) is 15.8. The molecule has 2 atom stereocenters. The number of amides is 1. The quantitative estimate of drug-likeness (QED) is 0.762. The molecule has 1 heterocycles. The highest BCUT2D eigenvalue weighted by molar-refractivity contribution is 5.95. The summed E-state index contributed by atoms with van der Waals surface area (Å²) in [7, 11) is 1.59. The normalized spacial score (nSPS) is 19.2. The molecule has 2 aromatic rings. The van der Waals surface area contributed by atoms with Crippen molar-refractivity contribution in [1.82, 2.24) is 5.32 Å². The third-order valence-electron chi connectivity index (χ3n) is 4.69. The zero-order chi connectivity index (χ0) is 19.9. The van der Waals surface area contributed by atoms with Gasteiger partial charge in [0.1, 0.15) is 17.3 Å². The van der Waals surface area contributed by atoms with E-state index in [9.17, 15) is 9.18 Å². The van der Waals surface area contributed by atoms with E-state index >= 15 is 0 Å². The molecule has 3 N–H and O–H groups in total. The van der Waals surface area contributed by atoms with Crippen molar-refractivity contribution in [2.75, 3.05) is 26.9 Å². The number of nitrogens with two attached hydrogens (primary N) is 1. The maximum atomic E-state index is 14.2. The molecule has 7 heteroatoms. The molecule has 0 aliphatic carbocycles. The molecule has 0 radical (unpaired) electrons. The van der Waals surface area contributed by atoms with Crippen LogP contribution in [0, 0.1) is 5.82 Å². The Labute approximate surface area is 163 Å². The average Bonchev–Trinajstić information content (AvgIpc) is 2.71. The minimum absolute atomic E-state index is 0.0855. The topological polar surface area (TPSA) is 82.8 Å². The smallest absolute Gasteiger partial charge is 0.254 e. The second-order valence-electron chi connectivity index (χ2n) is 6.64. The summed E-state index contributed by atoms with van der Waals surface area (Å²) in [6, 6.07) is 11.3. The van der Waals surface area contributed by atoms with Crippen LogP contribution in [0.15, 0.2) is 42.5 Å². The van der Waals surface area contributed by atoms with Crippen molar-refractivity contribution >= 4 is 5.91 Å². The van der Waals surface area contributed by atoms with Gasteiger partial charge >= 0.3 is 0 Å². The van der Waals surface area contributed by atoms with Crippen LogP contribution < -0.4 is 15.8 Å².